The molecule has 1 aromatic rings. The van der Waals surface area contributed by atoms with Crippen LogP contribution in [0.25, 0.3) is 0 Å². The van der Waals surface area contributed by atoms with E-state index in [1.807, 2.05) is 13.8 Å². The standard InChI is InChI=1S/C13H19NO4/c1-3-10-9(2)6-11(18-10)12(15)14-7-13(16)4-5-17-8-13/h6,16H,3-5,7-8H2,1-2H3,(H,14,15)/t13-/m0/s1. The number of carbonyl (C=O) groups is 1. The number of hydrogen-bond acceptors (Lipinski definition) is 4. The first kappa shape index (κ1) is 13.1. The van der Waals surface area contributed by atoms with Gasteiger partial charge in [0.25, 0.3) is 5.91 Å². The Kier molecular flexibility index (Phi) is 3.73. The minimum absolute atomic E-state index is 0.188. The van der Waals surface area contributed by atoms with Crippen LogP contribution in [-0.4, -0.2) is 36.4 Å². The van der Waals surface area contributed by atoms with Gasteiger partial charge in [-0.2, -0.15) is 0 Å². The molecule has 1 fully saturated rings. The second kappa shape index (κ2) is 5.12. The highest BCUT2D eigenvalue weighted by Crippen LogP contribution is 2.18. The summed E-state index contributed by atoms with van der Waals surface area (Å²) in [4.78, 5) is 11.9. The Morgan fingerprint density at radius 1 is 1.61 bits per heavy atom. The van der Waals surface area contributed by atoms with Crippen molar-refractivity contribution in [3.05, 3.63) is 23.2 Å². The molecule has 1 saturated heterocycles. The molecule has 0 spiro atoms. The molecule has 0 unspecified atom stereocenters. The summed E-state index contributed by atoms with van der Waals surface area (Å²) in [7, 11) is 0. The quantitative estimate of drug-likeness (QED) is 0.840. The molecule has 0 aromatic carbocycles. The normalized spacial score (nSPS) is 23.3. The van der Waals surface area contributed by atoms with Crippen molar-refractivity contribution in [2.24, 2.45) is 0 Å². The molecule has 1 aromatic heterocycles. The zero-order chi connectivity index (χ0) is 13.2. The van der Waals surface area contributed by atoms with Crippen LogP contribution in [-0.2, 0) is 11.2 Å². The van der Waals surface area contributed by atoms with Crippen LogP contribution < -0.4 is 5.32 Å². The first-order chi connectivity index (χ1) is 8.54. The Bertz CT molecular complexity index is 432. The molecule has 0 aliphatic carbocycles. The number of nitrogens with one attached hydrogen (secondary N) is 1. The lowest BCUT2D eigenvalue weighted by atomic mass is 10.0. The van der Waals surface area contributed by atoms with E-state index in [2.05, 4.69) is 5.32 Å². The summed E-state index contributed by atoms with van der Waals surface area (Å²) < 4.78 is 10.6. The lowest BCUT2D eigenvalue weighted by Crippen LogP contribution is -2.43. The average Bonchev–Trinajstić information content (AvgIpc) is 2.93. The summed E-state index contributed by atoms with van der Waals surface area (Å²) in [5.41, 5.74) is 0.0378. The molecule has 100 valence electrons. The van der Waals surface area contributed by atoms with Crippen molar-refractivity contribution in [2.45, 2.75) is 32.3 Å². The average molecular weight is 253 g/mol. The van der Waals surface area contributed by atoms with Crippen molar-refractivity contribution < 1.29 is 19.1 Å². The molecule has 2 rings (SSSR count). The Balaban J connectivity index is 1.95. The number of hydrogen-bond donors (Lipinski definition) is 2. The first-order valence-corrected chi connectivity index (χ1v) is 6.22. The molecule has 0 saturated carbocycles. The number of amides is 1. The number of carbonyl (C=O) groups excluding carboxylic acids is 1. The largest absolute Gasteiger partial charge is 0.456 e. The molecule has 1 aliphatic rings. The molecular formula is C13H19NO4. The smallest absolute Gasteiger partial charge is 0.287 e. The topological polar surface area (TPSA) is 71.7 Å². The molecular weight excluding hydrogens is 234 g/mol. The SMILES string of the molecule is CCc1oc(C(=O)NC[C@@]2(O)CCOC2)cc1C. The van der Waals surface area contributed by atoms with E-state index >= 15 is 0 Å². The van der Waals surface area contributed by atoms with E-state index in [1.54, 1.807) is 6.07 Å². The summed E-state index contributed by atoms with van der Waals surface area (Å²) in [6, 6.07) is 1.73. The molecule has 2 N–H and O–H groups in total. The van der Waals surface area contributed by atoms with E-state index in [0.29, 0.717) is 18.8 Å². The summed E-state index contributed by atoms with van der Waals surface area (Å²) in [6.45, 7) is 4.88. The Labute approximate surface area is 106 Å². The summed E-state index contributed by atoms with van der Waals surface area (Å²) in [5, 5.41) is 12.7. The molecule has 0 radical (unpaired) electrons. The fraction of sp³-hybridized carbons (Fsp3) is 0.615. The van der Waals surface area contributed by atoms with Crippen LogP contribution in [0.2, 0.25) is 0 Å². The van der Waals surface area contributed by atoms with Crippen LogP contribution in [0, 0.1) is 6.92 Å². The maximum atomic E-state index is 11.9. The van der Waals surface area contributed by atoms with Crippen molar-refractivity contribution in [1.29, 1.82) is 0 Å². The first-order valence-electron chi connectivity index (χ1n) is 6.22. The van der Waals surface area contributed by atoms with Crippen molar-refractivity contribution in [3.8, 4) is 0 Å². The molecule has 2 heterocycles. The Hall–Kier alpha value is -1.33. The fourth-order valence-electron chi connectivity index (χ4n) is 2.05. The van der Waals surface area contributed by atoms with Crippen molar-refractivity contribution >= 4 is 5.91 Å². The Morgan fingerprint density at radius 3 is 2.94 bits per heavy atom. The van der Waals surface area contributed by atoms with Gasteiger partial charge >= 0.3 is 0 Å². The fourth-order valence-corrected chi connectivity index (χ4v) is 2.05. The predicted molar refractivity (Wildman–Crippen MR) is 65.5 cm³/mol. The van der Waals surface area contributed by atoms with Gasteiger partial charge in [0.15, 0.2) is 5.76 Å². The van der Waals surface area contributed by atoms with Crippen LogP contribution >= 0.6 is 0 Å². The van der Waals surface area contributed by atoms with Crippen LogP contribution in [0.5, 0.6) is 0 Å². The molecule has 1 amide bonds. The van der Waals surface area contributed by atoms with Gasteiger partial charge < -0.3 is 19.6 Å². The monoisotopic (exact) mass is 253 g/mol. The molecule has 1 atom stereocenters. The van der Waals surface area contributed by atoms with Crippen molar-refractivity contribution in [2.75, 3.05) is 19.8 Å². The Morgan fingerprint density at radius 2 is 2.39 bits per heavy atom. The summed E-state index contributed by atoms with van der Waals surface area (Å²) in [5.74, 6) is 0.827. The second-order valence-corrected chi connectivity index (χ2v) is 4.78. The zero-order valence-electron chi connectivity index (χ0n) is 10.8. The molecule has 5 nitrogen and oxygen atoms in total. The number of rotatable bonds is 4. The van der Waals surface area contributed by atoms with Crippen LogP contribution in [0.3, 0.4) is 0 Å². The van der Waals surface area contributed by atoms with E-state index in [4.69, 9.17) is 9.15 Å². The van der Waals surface area contributed by atoms with E-state index in [9.17, 15) is 9.90 Å². The van der Waals surface area contributed by atoms with Crippen molar-refractivity contribution in [1.82, 2.24) is 5.32 Å². The zero-order valence-corrected chi connectivity index (χ0v) is 10.8. The van der Waals surface area contributed by atoms with Gasteiger partial charge in [0.05, 0.1) is 6.61 Å². The lowest BCUT2D eigenvalue weighted by Gasteiger charge is -2.20. The van der Waals surface area contributed by atoms with Crippen LogP contribution in [0.15, 0.2) is 10.5 Å². The van der Waals surface area contributed by atoms with Gasteiger partial charge in [-0.25, -0.2) is 0 Å². The minimum atomic E-state index is -0.940. The van der Waals surface area contributed by atoms with Gasteiger partial charge in [-0.1, -0.05) is 6.92 Å². The summed E-state index contributed by atoms with van der Waals surface area (Å²) >= 11 is 0. The third-order valence-corrected chi connectivity index (χ3v) is 3.23. The van der Waals surface area contributed by atoms with Gasteiger partial charge in [0.2, 0.25) is 0 Å². The lowest BCUT2D eigenvalue weighted by molar-refractivity contribution is 0.0261. The molecule has 1 aliphatic heterocycles. The van der Waals surface area contributed by atoms with Gasteiger partial charge in [-0.3, -0.25) is 4.79 Å². The van der Waals surface area contributed by atoms with Gasteiger partial charge in [0, 0.05) is 26.0 Å². The summed E-state index contributed by atoms with van der Waals surface area (Å²) in [6.07, 6.45) is 1.31. The van der Waals surface area contributed by atoms with Crippen LogP contribution in [0.4, 0.5) is 0 Å². The highest BCUT2D eigenvalue weighted by Gasteiger charge is 2.32. The number of furan rings is 1. The van der Waals surface area contributed by atoms with E-state index in [1.165, 1.54) is 0 Å². The van der Waals surface area contributed by atoms with Gasteiger partial charge in [-0.05, 0) is 18.6 Å². The van der Waals surface area contributed by atoms with E-state index in [0.717, 1.165) is 17.7 Å². The van der Waals surface area contributed by atoms with Gasteiger partial charge in [-0.15, -0.1) is 0 Å². The highest BCUT2D eigenvalue weighted by atomic mass is 16.5. The maximum Gasteiger partial charge on any atom is 0.287 e. The second-order valence-electron chi connectivity index (χ2n) is 4.78. The number of aliphatic hydroxyl groups is 1. The number of ether oxygens (including phenoxy) is 1. The van der Waals surface area contributed by atoms with Crippen molar-refractivity contribution in [3.63, 3.8) is 0 Å². The van der Waals surface area contributed by atoms with Gasteiger partial charge in [0.1, 0.15) is 11.4 Å². The molecule has 18 heavy (non-hydrogen) atoms. The number of aryl methyl sites for hydroxylation is 2. The third kappa shape index (κ3) is 2.73. The van der Waals surface area contributed by atoms with E-state index < -0.39 is 5.60 Å². The maximum absolute atomic E-state index is 11.9. The predicted octanol–water partition coefficient (Wildman–Crippen LogP) is 1.03. The minimum Gasteiger partial charge on any atom is -0.456 e. The highest BCUT2D eigenvalue weighted by molar-refractivity contribution is 5.91. The van der Waals surface area contributed by atoms with E-state index in [-0.39, 0.29) is 19.1 Å². The molecule has 0 bridgehead atoms. The third-order valence-electron chi connectivity index (χ3n) is 3.23. The molecule has 5 heteroatoms. The van der Waals surface area contributed by atoms with Crippen LogP contribution in [0.1, 0.15) is 35.2 Å².